The van der Waals surface area contributed by atoms with Gasteiger partial charge in [-0.1, -0.05) is 115 Å². The van der Waals surface area contributed by atoms with E-state index in [0.29, 0.717) is 34.2 Å². The standard InChI is InChI=1S/C47H28F3N5/c48-47(49,50)37-22-18-31(19-23-37)36-20-24-39(46-53-44(32-11-3-1-4-12-32)52-45(54-46)33-13-5-2-6-14-33)43(28-36)55-41-17-8-7-16-38(41)40-27-35(21-25-42(40)55)34-15-9-10-30(26-34)29-51/h1-28H. The average molecular weight is 720 g/mol. The summed E-state index contributed by atoms with van der Waals surface area (Å²) < 4.78 is 42.8. The summed E-state index contributed by atoms with van der Waals surface area (Å²) >= 11 is 0. The molecule has 0 aliphatic carbocycles. The molecule has 0 spiro atoms. The molecule has 0 bridgehead atoms. The molecular weight excluding hydrogens is 692 g/mol. The van der Waals surface area contributed by atoms with Crippen molar-refractivity contribution in [3.05, 3.63) is 181 Å². The molecule has 2 heterocycles. The van der Waals surface area contributed by atoms with Crippen LogP contribution >= 0.6 is 0 Å². The number of alkyl halides is 3. The molecule has 55 heavy (non-hydrogen) atoms. The first kappa shape index (κ1) is 33.5. The lowest BCUT2D eigenvalue weighted by atomic mass is 10.00. The zero-order valence-electron chi connectivity index (χ0n) is 29.0. The molecule has 0 atom stereocenters. The van der Waals surface area contributed by atoms with Crippen LogP contribution in [0.1, 0.15) is 11.1 Å². The second-order valence-electron chi connectivity index (χ2n) is 13.1. The van der Waals surface area contributed by atoms with Crippen LogP contribution in [0.5, 0.6) is 0 Å². The van der Waals surface area contributed by atoms with Gasteiger partial charge in [0.05, 0.1) is 33.9 Å². The van der Waals surface area contributed by atoms with E-state index in [1.807, 2.05) is 115 Å². The molecule has 0 radical (unpaired) electrons. The Kier molecular flexibility index (Phi) is 8.25. The molecule has 5 nitrogen and oxygen atoms in total. The third-order valence-electron chi connectivity index (χ3n) is 9.72. The minimum atomic E-state index is -4.45. The lowest BCUT2D eigenvalue weighted by Crippen LogP contribution is -2.05. The molecule has 8 heteroatoms. The zero-order valence-corrected chi connectivity index (χ0v) is 29.0. The summed E-state index contributed by atoms with van der Waals surface area (Å²) in [5.74, 6) is 1.46. The second-order valence-corrected chi connectivity index (χ2v) is 13.1. The molecule has 0 saturated heterocycles. The van der Waals surface area contributed by atoms with Gasteiger partial charge >= 0.3 is 6.18 Å². The van der Waals surface area contributed by atoms with Crippen molar-refractivity contribution in [2.45, 2.75) is 6.18 Å². The summed E-state index contributed by atoms with van der Waals surface area (Å²) in [6.07, 6.45) is -4.45. The van der Waals surface area contributed by atoms with E-state index in [9.17, 15) is 18.4 Å². The zero-order chi connectivity index (χ0) is 37.5. The fourth-order valence-corrected chi connectivity index (χ4v) is 7.05. The third-order valence-corrected chi connectivity index (χ3v) is 9.72. The van der Waals surface area contributed by atoms with E-state index in [4.69, 9.17) is 15.0 Å². The van der Waals surface area contributed by atoms with Gasteiger partial charge in [-0.3, -0.25) is 0 Å². The minimum absolute atomic E-state index is 0.442. The summed E-state index contributed by atoms with van der Waals surface area (Å²) in [6, 6.07) is 54.6. The quantitative estimate of drug-likeness (QED) is 0.172. The number of rotatable bonds is 6. The van der Waals surface area contributed by atoms with Gasteiger partial charge in [-0.2, -0.15) is 18.4 Å². The molecule has 7 aromatic carbocycles. The number of halogens is 3. The molecule has 0 amide bonds. The van der Waals surface area contributed by atoms with Gasteiger partial charge < -0.3 is 4.57 Å². The van der Waals surface area contributed by atoms with E-state index in [2.05, 4.69) is 34.9 Å². The number of hydrogen-bond donors (Lipinski definition) is 0. The Balaban J connectivity index is 1.32. The van der Waals surface area contributed by atoms with E-state index in [-0.39, 0.29) is 0 Å². The van der Waals surface area contributed by atoms with Crippen molar-refractivity contribution in [2.75, 3.05) is 0 Å². The molecule has 0 aliphatic heterocycles. The summed E-state index contributed by atoms with van der Waals surface area (Å²) in [4.78, 5) is 15.0. The minimum Gasteiger partial charge on any atom is -0.308 e. The van der Waals surface area contributed by atoms with Gasteiger partial charge in [0.1, 0.15) is 0 Å². The van der Waals surface area contributed by atoms with Crippen LogP contribution in [-0.2, 0) is 6.18 Å². The van der Waals surface area contributed by atoms with Crippen molar-refractivity contribution < 1.29 is 13.2 Å². The molecule has 0 N–H and O–H groups in total. The van der Waals surface area contributed by atoms with Crippen molar-refractivity contribution in [2.24, 2.45) is 0 Å². The first-order valence-corrected chi connectivity index (χ1v) is 17.6. The summed E-state index contributed by atoms with van der Waals surface area (Å²) in [6.45, 7) is 0. The maximum atomic E-state index is 13.6. The van der Waals surface area contributed by atoms with Crippen molar-refractivity contribution in [1.82, 2.24) is 19.5 Å². The lowest BCUT2D eigenvalue weighted by Gasteiger charge is -2.17. The summed E-state index contributed by atoms with van der Waals surface area (Å²) in [5, 5.41) is 11.6. The highest BCUT2D eigenvalue weighted by Crippen LogP contribution is 2.40. The smallest absolute Gasteiger partial charge is 0.308 e. The maximum absolute atomic E-state index is 13.6. The molecule has 262 valence electrons. The Labute approximate surface area is 314 Å². The number of hydrogen-bond acceptors (Lipinski definition) is 4. The number of aromatic nitrogens is 4. The van der Waals surface area contributed by atoms with Gasteiger partial charge in [-0.15, -0.1) is 0 Å². The fraction of sp³-hybridized carbons (Fsp3) is 0.0213. The number of benzene rings is 7. The highest BCUT2D eigenvalue weighted by Gasteiger charge is 2.30. The Hall–Kier alpha value is -7.37. The average Bonchev–Trinajstić information content (AvgIpc) is 3.57. The number of fused-ring (bicyclic) bond motifs is 3. The number of para-hydroxylation sites is 1. The first-order valence-electron chi connectivity index (χ1n) is 17.6. The molecule has 2 aromatic heterocycles. The second kappa shape index (κ2) is 13.6. The van der Waals surface area contributed by atoms with E-state index in [1.165, 1.54) is 12.1 Å². The van der Waals surface area contributed by atoms with Crippen LogP contribution in [0.4, 0.5) is 13.2 Å². The maximum Gasteiger partial charge on any atom is 0.416 e. The Morgan fingerprint density at radius 3 is 1.67 bits per heavy atom. The predicted octanol–water partition coefficient (Wildman–Crippen LogP) is 12.2. The van der Waals surface area contributed by atoms with E-state index < -0.39 is 11.7 Å². The van der Waals surface area contributed by atoms with Crippen molar-refractivity contribution >= 4 is 21.8 Å². The van der Waals surface area contributed by atoms with Gasteiger partial charge in [0.15, 0.2) is 17.5 Å². The highest BCUT2D eigenvalue weighted by atomic mass is 19.4. The fourth-order valence-electron chi connectivity index (χ4n) is 7.05. The van der Waals surface area contributed by atoms with E-state index >= 15 is 0 Å². The number of nitriles is 1. The van der Waals surface area contributed by atoms with Crippen LogP contribution < -0.4 is 0 Å². The van der Waals surface area contributed by atoms with Crippen LogP contribution in [-0.4, -0.2) is 19.5 Å². The molecule has 9 aromatic rings. The van der Waals surface area contributed by atoms with Crippen LogP contribution in [0.3, 0.4) is 0 Å². The Bertz CT molecular complexity index is 2850. The molecule has 0 saturated carbocycles. The van der Waals surface area contributed by atoms with Crippen LogP contribution in [0.15, 0.2) is 170 Å². The SMILES string of the molecule is N#Cc1cccc(-c2ccc3c(c2)c2ccccc2n3-c2cc(-c3ccc(C(F)(F)F)cc3)ccc2-c2nc(-c3ccccc3)nc(-c3ccccc3)n2)c1. The Morgan fingerprint density at radius 2 is 1.00 bits per heavy atom. The molecule has 9 rings (SSSR count). The van der Waals surface area contributed by atoms with Gasteiger partial charge in [0.2, 0.25) is 0 Å². The van der Waals surface area contributed by atoms with E-state index in [0.717, 1.165) is 67.4 Å². The van der Waals surface area contributed by atoms with Crippen molar-refractivity contribution in [1.29, 1.82) is 5.26 Å². The van der Waals surface area contributed by atoms with Crippen LogP contribution in [0.2, 0.25) is 0 Å². The lowest BCUT2D eigenvalue weighted by molar-refractivity contribution is -0.137. The highest BCUT2D eigenvalue weighted by molar-refractivity contribution is 6.11. The van der Waals surface area contributed by atoms with E-state index in [1.54, 1.807) is 6.07 Å². The van der Waals surface area contributed by atoms with Gasteiger partial charge in [-0.25, -0.2) is 15.0 Å². The molecule has 0 fully saturated rings. The Morgan fingerprint density at radius 1 is 0.455 bits per heavy atom. The number of nitrogens with zero attached hydrogens (tertiary/aromatic N) is 5. The van der Waals surface area contributed by atoms with Gasteiger partial charge in [-0.05, 0) is 76.9 Å². The molecule has 0 unspecified atom stereocenters. The first-order chi connectivity index (χ1) is 26.8. The summed E-state index contributed by atoms with van der Waals surface area (Å²) in [7, 11) is 0. The molecule has 0 aliphatic rings. The van der Waals surface area contributed by atoms with Gasteiger partial charge in [0, 0.05) is 27.5 Å². The molecular formula is C47H28F3N5. The third kappa shape index (κ3) is 6.28. The normalized spacial score (nSPS) is 11.5. The van der Waals surface area contributed by atoms with Crippen LogP contribution in [0, 0.1) is 11.3 Å². The van der Waals surface area contributed by atoms with Gasteiger partial charge in [0.25, 0.3) is 0 Å². The predicted molar refractivity (Wildman–Crippen MR) is 211 cm³/mol. The van der Waals surface area contributed by atoms with Crippen molar-refractivity contribution in [3.8, 4) is 68.2 Å². The topological polar surface area (TPSA) is 67.4 Å². The van der Waals surface area contributed by atoms with Crippen LogP contribution in [0.25, 0.3) is 83.9 Å². The summed E-state index contributed by atoms with van der Waals surface area (Å²) in [5.41, 5.74) is 8.06. The van der Waals surface area contributed by atoms with Crippen molar-refractivity contribution in [3.63, 3.8) is 0 Å². The monoisotopic (exact) mass is 719 g/mol. The largest absolute Gasteiger partial charge is 0.416 e.